The predicted molar refractivity (Wildman–Crippen MR) is 43.4 cm³/mol. The zero-order chi connectivity index (χ0) is 10.1. The highest BCUT2D eigenvalue weighted by atomic mass is 28.1. The second-order valence-corrected chi connectivity index (χ2v) is 2.99. The van der Waals surface area contributed by atoms with Crippen LogP contribution < -0.4 is 9.92 Å². The predicted octanol–water partition coefficient (Wildman–Crippen LogP) is 1.51. The summed E-state index contributed by atoms with van der Waals surface area (Å²) in [6.45, 7) is 0. The molecule has 0 heterocycles. The molecule has 0 spiro atoms. The van der Waals surface area contributed by atoms with Crippen molar-refractivity contribution in [2.45, 2.75) is 6.18 Å². The van der Waals surface area contributed by atoms with Gasteiger partial charge in [0, 0.05) is 0 Å². The van der Waals surface area contributed by atoms with Gasteiger partial charge in [-0.25, -0.2) is 0 Å². The van der Waals surface area contributed by atoms with E-state index in [0.717, 1.165) is 6.07 Å². The second kappa shape index (κ2) is 3.41. The highest BCUT2D eigenvalue weighted by Crippen LogP contribution is 2.34. The lowest BCUT2D eigenvalue weighted by Gasteiger charge is -2.11. The molecule has 1 nitrogen and oxygen atoms in total. The number of methoxy groups -OCH3 is 1. The minimum atomic E-state index is -4.38. The number of halogens is 3. The lowest BCUT2D eigenvalue weighted by molar-refractivity contribution is -0.138. The summed E-state index contributed by atoms with van der Waals surface area (Å²) >= 11 is 0. The molecule has 1 aromatic rings. The van der Waals surface area contributed by atoms with Crippen LogP contribution in [0, 0.1) is 0 Å². The van der Waals surface area contributed by atoms with E-state index in [2.05, 4.69) is 15.0 Å². The van der Waals surface area contributed by atoms with Crippen LogP contribution in [0.25, 0.3) is 0 Å². The Morgan fingerprint density at radius 2 is 1.92 bits per heavy atom. The van der Waals surface area contributed by atoms with Gasteiger partial charge in [0.2, 0.25) is 0 Å². The van der Waals surface area contributed by atoms with Crippen molar-refractivity contribution in [3.8, 4) is 5.75 Å². The van der Waals surface area contributed by atoms with Gasteiger partial charge in [-0.3, -0.25) is 0 Å². The quantitative estimate of drug-likeness (QED) is 0.629. The fraction of sp³-hybridized carbons (Fsp3) is 0.250. The highest BCUT2D eigenvalue weighted by molar-refractivity contribution is 6.32. The molecule has 3 radical (unpaired) electrons. The van der Waals surface area contributed by atoms with Crippen molar-refractivity contribution in [3.63, 3.8) is 0 Å². The zero-order valence-electron chi connectivity index (χ0n) is 6.77. The number of benzene rings is 1. The number of hydrogen-bond donors (Lipinski definition) is 0. The van der Waals surface area contributed by atoms with Gasteiger partial charge in [-0.1, -0.05) is 11.3 Å². The van der Waals surface area contributed by atoms with Crippen molar-refractivity contribution >= 4 is 15.4 Å². The largest absolute Gasteiger partial charge is 0.496 e. The van der Waals surface area contributed by atoms with Crippen molar-refractivity contribution in [1.29, 1.82) is 0 Å². The molecule has 0 aliphatic carbocycles. The Hall–Kier alpha value is -0.973. The average Bonchev–Trinajstić information content (AvgIpc) is 2.03. The number of hydrogen-bond acceptors (Lipinski definition) is 1. The minimum absolute atomic E-state index is 0.172. The number of ether oxygens (including phenoxy) is 1. The first-order valence-corrected chi connectivity index (χ1v) is 3.92. The van der Waals surface area contributed by atoms with E-state index in [1.165, 1.54) is 19.2 Å². The Labute approximate surface area is 76.9 Å². The molecule has 0 saturated heterocycles. The van der Waals surface area contributed by atoms with Crippen LogP contribution in [0.1, 0.15) is 5.56 Å². The van der Waals surface area contributed by atoms with Gasteiger partial charge in [0.15, 0.2) is 0 Å². The van der Waals surface area contributed by atoms with Gasteiger partial charge in [-0.2, -0.15) is 13.2 Å². The molecule has 69 valence electrons. The molecule has 0 bridgehead atoms. The van der Waals surface area contributed by atoms with E-state index in [4.69, 9.17) is 0 Å². The van der Waals surface area contributed by atoms with Gasteiger partial charge >= 0.3 is 6.18 Å². The van der Waals surface area contributed by atoms with Crippen LogP contribution in [0.3, 0.4) is 0 Å². The highest BCUT2D eigenvalue weighted by Gasteiger charge is 2.34. The molecule has 0 N–H and O–H groups in total. The lowest BCUT2D eigenvalue weighted by Crippen LogP contribution is -2.12. The molecule has 0 amide bonds. The topological polar surface area (TPSA) is 9.23 Å². The molecular formula is C8H6F3OSi. The lowest BCUT2D eigenvalue weighted by atomic mass is 10.2. The molecule has 0 unspecified atom stereocenters. The smallest absolute Gasteiger partial charge is 0.419 e. The molecule has 0 aromatic heterocycles. The molecule has 13 heavy (non-hydrogen) atoms. The van der Waals surface area contributed by atoms with Crippen LogP contribution in [0.15, 0.2) is 18.2 Å². The molecule has 5 heteroatoms. The second-order valence-electron chi connectivity index (χ2n) is 2.41. The van der Waals surface area contributed by atoms with Crippen molar-refractivity contribution in [2.75, 3.05) is 7.11 Å². The first-order valence-electron chi connectivity index (χ1n) is 3.42. The normalized spacial score (nSPS) is 11.5. The average molecular weight is 203 g/mol. The summed E-state index contributed by atoms with van der Waals surface area (Å²) in [5.41, 5.74) is -0.775. The summed E-state index contributed by atoms with van der Waals surface area (Å²) in [5, 5.41) is 0.369. The van der Waals surface area contributed by atoms with Gasteiger partial charge < -0.3 is 4.74 Å². The van der Waals surface area contributed by atoms with Crippen molar-refractivity contribution in [1.82, 2.24) is 0 Å². The fourth-order valence-corrected chi connectivity index (χ4v) is 1.16. The molecule has 0 fully saturated rings. The van der Waals surface area contributed by atoms with E-state index in [9.17, 15) is 13.2 Å². The number of rotatable bonds is 1. The summed E-state index contributed by atoms with van der Waals surface area (Å²) < 4.78 is 41.5. The van der Waals surface area contributed by atoms with E-state index in [1.807, 2.05) is 0 Å². The van der Waals surface area contributed by atoms with Crippen molar-refractivity contribution < 1.29 is 17.9 Å². The third-order valence-electron chi connectivity index (χ3n) is 1.50. The maximum Gasteiger partial charge on any atom is 0.419 e. The standard InChI is InChI=1S/C8H6F3OSi/c1-12-7-3-2-5(13)4-6(7)8(9,10)11/h2-4H,1H3. The molecule has 1 aromatic carbocycles. The Balaban J connectivity index is 3.24. The Kier molecular flexibility index (Phi) is 2.65. The third-order valence-corrected chi connectivity index (χ3v) is 1.82. The molecule has 0 saturated carbocycles. The Morgan fingerprint density at radius 3 is 2.38 bits per heavy atom. The van der Waals surface area contributed by atoms with Crippen LogP contribution in [-0.4, -0.2) is 17.4 Å². The molecular weight excluding hydrogens is 197 g/mol. The third kappa shape index (κ3) is 2.24. The van der Waals surface area contributed by atoms with Crippen LogP contribution >= 0.6 is 0 Å². The molecule has 1 rings (SSSR count). The van der Waals surface area contributed by atoms with Crippen LogP contribution in [0.5, 0.6) is 5.75 Å². The van der Waals surface area contributed by atoms with E-state index in [-0.39, 0.29) is 5.75 Å². The van der Waals surface area contributed by atoms with Gasteiger partial charge in [-0.05, 0) is 12.1 Å². The summed E-state index contributed by atoms with van der Waals surface area (Å²) in [4.78, 5) is 0. The van der Waals surface area contributed by atoms with E-state index >= 15 is 0 Å². The SMILES string of the molecule is COc1ccc([Si])cc1C(F)(F)F. The minimum Gasteiger partial charge on any atom is -0.496 e. The summed E-state index contributed by atoms with van der Waals surface area (Å²) in [7, 11) is 4.22. The maximum absolute atomic E-state index is 12.3. The monoisotopic (exact) mass is 203 g/mol. The Morgan fingerprint density at radius 1 is 1.31 bits per heavy atom. The fourth-order valence-electron chi connectivity index (χ4n) is 0.930. The summed E-state index contributed by atoms with van der Waals surface area (Å²) in [5.74, 6) is -0.172. The van der Waals surface area contributed by atoms with E-state index in [1.54, 1.807) is 0 Å². The van der Waals surface area contributed by atoms with Crippen molar-refractivity contribution in [3.05, 3.63) is 23.8 Å². The van der Waals surface area contributed by atoms with Crippen LogP contribution in [0.4, 0.5) is 13.2 Å². The van der Waals surface area contributed by atoms with E-state index in [0.29, 0.717) is 5.19 Å². The summed E-state index contributed by atoms with van der Waals surface area (Å²) in [6, 6.07) is 3.74. The molecule has 0 aliphatic heterocycles. The van der Waals surface area contributed by atoms with E-state index < -0.39 is 11.7 Å². The first kappa shape index (κ1) is 10.1. The molecule has 0 aliphatic rings. The van der Waals surface area contributed by atoms with Crippen molar-refractivity contribution in [2.24, 2.45) is 0 Å². The molecule has 0 atom stereocenters. The maximum atomic E-state index is 12.3. The van der Waals surface area contributed by atoms with Gasteiger partial charge in [0.05, 0.1) is 22.9 Å². The van der Waals surface area contributed by atoms with Crippen LogP contribution in [-0.2, 0) is 6.18 Å². The number of alkyl halides is 3. The van der Waals surface area contributed by atoms with Gasteiger partial charge in [-0.15, -0.1) is 0 Å². The van der Waals surface area contributed by atoms with Gasteiger partial charge in [0.1, 0.15) is 5.75 Å². The Bertz CT molecular complexity index is 309. The van der Waals surface area contributed by atoms with Gasteiger partial charge in [0.25, 0.3) is 0 Å². The summed E-state index contributed by atoms with van der Waals surface area (Å²) in [6.07, 6.45) is -4.38. The first-order chi connectivity index (χ1) is 5.95. The van der Waals surface area contributed by atoms with Crippen LogP contribution in [0.2, 0.25) is 0 Å². The zero-order valence-corrected chi connectivity index (χ0v) is 7.77.